The molecule has 1 aromatic rings. The molecule has 0 spiro atoms. The number of hydrogen-bond donors (Lipinski definition) is 0. The molecule has 0 aromatic heterocycles. The fraction of sp³-hybridized carbons (Fsp3) is 0.684. The first-order valence-corrected chi connectivity index (χ1v) is 7.80. The van der Waals surface area contributed by atoms with Gasteiger partial charge in [0.25, 0.3) is 0 Å². The summed E-state index contributed by atoms with van der Waals surface area (Å²) in [5.41, 5.74) is 5.41. The molecule has 1 atom stereocenters. The maximum absolute atomic E-state index is 6.51. The van der Waals surface area contributed by atoms with Gasteiger partial charge in [-0.25, -0.2) is 0 Å². The van der Waals surface area contributed by atoms with Gasteiger partial charge in [-0.05, 0) is 63.1 Å². The second-order valence-electron chi connectivity index (χ2n) is 7.93. The maximum Gasteiger partial charge on any atom is 0.127 e. The van der Waals surface area contributed by atoms with Crippen LogP contribution in [0, 0.1) is 32.1 Å². The van der Waals surface area contributed by atoms with Crippen molar-refractivity contribution in [3.05, 3.63) is 28.3 Å². The van der Waals surface area contributed by atoms with E-state index in [0.717, 1.165) is 5.75 Å². The van der Waals surface area contributed by atoms with Crippen LogP contribution < -0.4 is 4.74 Å². The van der Waals surface area contributed by atoms with Crippen LogP contribution in [0.3, 0.4) is 0 Å². The topological polar surface area (TPSA) is 9.23 Å². The molecule has 0 N–H and O–H groups in total. The van der Waals surface area contributed by atoms with Crippen molar-refractivity contribution in [2.75, 3.05) is 0 Å². The van der Waals surface area contributed by atoms with E-state index in [2.05, 4.69) is 68.4 Å². The van der Waals surface area contributed by atoms with Crippen LogP contribution in [-0.2, 0) is 0 Å². The molecule has 0 aliphatic carbocycles. The van der Waals surface area contributed by atoms with E-state index in [-0.39, 0.29) is 11.0 Å². The zero-order valence-electron chi connectivity index (χ0n) is 14.6. The second-order valence-corrected chi connectivity index (χ2v) is 7.93. The molecule has 1 aliphatic rings. The van der Waals surface area contributed by atoms with Crippen LogP contribution in [0.2, 0.25) is 0 Å². The average Bonchev–Trinajstić information content (AvgIpc) is 2.27. The van der Waals surface area contributed by atoms with Crippen LogP contribution in [0.4, 0.5) is 0 Å². The third kappa shape index (κ3) is 1.98. The monoisotopic (exact) mass is 274 g/mol. The van der Waals surface area contributed by atoms with Crippen molar-refractivity contribution in [3.8, 4) is 5.75 Å². The summed E-state index contributed by atoms with van der Waals surface area (Å²) in [4.78, 5) is 0. The molecule has 0 fully saturated rings. The highest BCUT2D eigenvalue weighted by Crippen LogP contribution is 2.57. The van der Waals surface area contributed by atoms with Crippen molar-refractivity contribution in [2.24, 2.45) is 11.3 Å². The molecule has 20 heavy (non-hydrogen) atoms. The van der Waals surface area contributed by atoms with Crippen molar-refractivity contribution in [3.63, 3.8) is 0 Å². The van der Waals surface area contributed by atoms with Gasteiger partial charge in [0, 0.05) is 11.0 Å². The van der Waals surface area contributed by atoms with Crippen LogP contribution in [-0.4, -0.2) is 5.60 Å². The number of ether oxygens (including phenoxy) is 1. The summed E-state index contributed by atoms with van der Waals surface area (Å²) in [6.45, 7) is 20.5. The summed E-state index contributed by atoms with van der Waals surface area (Å²) < 4.78 is 6.51. The number of aryl methyl sites for hydroxylation is 2. The third-order valence-electron chi connectivity index (χ3n) is 5.70. The van der Waals surface area contributed by atoms with Gasteiger partial charge in [0.2, 0.25) is 0 Å². The second kappa shape index (κ2) is 4.51. The highest BCUT2D eigenvalue weighted by molar-refractivity contribution is 5.54. The number of benzene rings is 1. The third-order valence-corrected chi connectivity index (χ3v) is 5.70. The predicted octanol–water partition coefficient (Wildman–Crippen LogP) is 5.55. The molecule has 1 heteroatoms. The van der Waals surface area contributed by atoms with Gasteiger partial charge in [0.15, 0.2) is 0 Å². The molecule has 1 unspecified atom stereocenters. The number of fused-ring (bicyclic) bond motifs is 1. The summed E-state index contributed by atoms with van der Waals surface area (Å²) in [5, 5.41) is 0. The Morgan fingerprint density at radius 1 is 1.00 bits per heavy atom. The lowest BCUT2D eigenvalue weighted by molar-refractivity contribution is -0.0576. The van der Waals surface area contributed by atoms with Gasteiger partial charge in [-0.1, -0.05) is 33.8 Å². The van der Waals surface area contributed by atoms with E-state index in [1.165, 1.54) is 22.3 Å². The van der Waals surface area contributed by atoms with E-state index < -0.39 is 0 Å². The van der Waals surface area contributed by atoms with E-state index in [9.17, 15) is 0 Å². The maximum atomic E-state index is 6.51. The largest absolute Gasteiger partial charge is 0.487 e. The fourth-order valence-electron chi connectivity index (χ4n) is 3.88. The van der Waals surface area contributed by atoms with E-state index in [4.69, 9.17) is 4.74 Å². The molecular formula is C19H30O. The molecule has 2 rings (SSSR count). The van der Waals surface area contributed by atoms with Crippen molar-refractivity contribution in [2.45, 2.75) is 73.8 Å². The van der Waals surface area contributed by atoms with Crippen molar-refractivity contribution < 1.29 is 4.74 Å². The summed E-state index contributed by atoms with van der Waals surface area (Å²) in [6.07, 6.45) is 0. The molecule has 1 aromatic carbocycles. The van der Waals surface area contributed by atoms with E-state index in [0.29, 0.717) is 11.8 Å². The van der Waals surface area contributed by atoms with Crippen molar-refractivity contribution >= 4 is 0 Å². The van der Waals surface area contributed by atoms with Gasteiger partial charge in [0.1, 0.15) is 11.4 Å². The summed E-state index contributed by atoms with van der Waals surface area (Å²) in [7, 11) is 0. The first kappa shape index (κ1) is 15.4. The van der Waals surface area contributed by atoms with Gasteiger partial charge in [0.05, 0.1) is 0 Å². The molecule has 0 radical (unpaired) electrons. The minimum atomic E-state index is -0.153. The first-order valence-electron chi connectivity index (χ1n) is 7.80. The van der Waals surface area contributed by atoms with Gasteiger partial charge < -0.3 is 4.74 Å². The average molecular weight is 274 g/mol. The lowest BCUT2D eigenvalue weighted by atomic mass is 9.59. The standard InChI is InChI=1S/C19H30O/c1-11(2)16-15-13(4)10-12(3)14(5)17(15)20-19(8,9)18(16,6)7/h10-11,16H,1-9H3. The Labute approximate surface area is 124 Å². The van der Waals surface area contributed by atoms with Crippen molar-refractivity contribution in [1.82, 2.24) is 0 Å². The number of rotatable bonds is 1. The Morgan fingerprint density at radius 2 is 1.55 bits per heavy atom. The summed E-state index contributed by atoms with van der Waals surface area (Å²) in [5.74, 6) is 2.28. The summed E-state index contributed by atoms with van der Waals surface area (Å²) >= 11 is 0. The highest BCUT2D eigenvalue weighted by atomic mass is 16.5. The summed E-state index contributed by atoms with van der Waals surface area (Å²) in [6, 6.07) is 2.32. The van der Waals surface area contributed by atoms with Crippen LogP contribution in [0.25, 0.3) is 0 Å². The van der Waals surface area contributed by atoms with Gasteiger partial charge in [-0.2, -0.15) is 0 Å². The first-order chi connectivity index (χ1) is 9.00. The van der Waals surface area contributed by atoms with Gasteiger partial charge in [-0.3, -0.25) is 0 Å². The fourth-order valence-corrected chi connectivity index (χ4v) is 3.88. The van der Waals surface area contributed by atoms with Crippen LogP contribution >= 0.6 is 0 Å². The minimum Gasteiger partial charge on any atom is -0.487 e. The zero-order chi connectivity index (χ0) is 15.5. The molecule has 1 aliphatic heterocycles. The minimum absolute atomic E-state index is 0.112. The molecule has 112 valence electrons. The number of hydrogen-bond acceptors (Lipinski definition) is 1. The Kier molecular flexibility index (Phi) is 3.48. The Morgan fingerprint density at radius 3 is 2.05 bits per heavy atom. The molecule has 0 amide bonds. The normalized spacial score (nSPS) is 23.4. The van der Waals surface area contributed by atoms with Crippen LogP contribution in [0.15, 0.2) is 6.07 Å². The lowest BCUT2D eigenvalue weighted by Crippen LogP contribution is -2.52. The Hall–Kier alpha value is -0.980. The molecule has 0 saturated heterocycles. The van der Waals surface area contributed by atoms with Gasteiger partial charge >= 0.3 is 0 Å². The Bertz CT molecular complexity index is 535. The SMILES string of the molecule is Cc1cc(C)c2c(c1C)OC(C)(C)C(C)(C)C2C(C)C. The van der Waals surface area contributed by atoms with E-state index >= 15 is 0 Å². The van der Waals surface area contributed by atoms with Gasteiger partial charge in [-0.15, -0.1) is 0 Å². The zero-order valence-corrected chi connectivity index (χ0v) is 14.6. The molecule has 0 bridgehead atoms. The van der Waals surface area contributed by atoms with E-state index in [1.54, 1.807) is 0 Å². The molecular weight excluding hydrogens is 244 g/mol. The van der Waals surface area contributed by atoms with Crippen LogP contribution in [0.5, 0.6) is 5.75 Å². The van der Waals surface area contributed by atoms with E-state index in [1.807, 2.05) is 0 Å². The Balaban J connectivity index is 2.80. The molecule has 0 saturated carbocycles. The molecule has 1 nitrogen and oxygen atoms in total. The smallest absolute Gasteiger partial charge is 0.127 e. The van der Waals surface area contributed by atoms with Crippen LogP contribution in [0.1, 0.15) is 69.7 Å². The highest BCUT2D eigenvalue weighted by Gasteiger charge is 2.51. The molecule has 1 heterocycles. The van der Waals surface area contributed by atoms with Crippen molar-refractivity contribution in [1.29, 1.82) is 0 Å². The predicted molar refractivity (Wildman–Crippen MR) is 86.7 cm³/mol. The lowest BCUT2D eigenvalue weighted by Gasteiger charge is -2.53. The quantitative estimate of drug-likeness (QED) is 0.652.